The molecule has 2 rings (SSSR count). The highest BCUT2D eigenvalue weighted by atomic mass is 32.2. The Labute approximate surface area is 115 Å². The number of thioether (sulfide) groups is 1. The second-order valence-electron chi connectivity index (χ2n) is 3.43. The van der Waals surface area contributed by atoms with Gasteiger partial charge in [-0.25, -0.2) is 4.99 Å². The molecule has 1 aliphatic rings. The highest BCUT2D eigenvalue weighted by Gasteiger charge is 2.23. The molecule has 1 aromatic rings. The molecule has 1 aliphatic heterocycles. The van der Waals surface area contributed by atoms with Gasteiger partial charge >= 0.3 is 0 Å². The summed E-state index contributed by atoms with van der Waals surface area (Å²) in [5.41, 5.74) is 1.84. The molecule has 0 atom stereocenters. The Balaban J connectivity index is 0.000000861. The Morgan fingerprint density at radius 3 is 2.63 bits per heavy atom. The summed E-state index contributed by atoms with van der Waals surface area (Å²) in [6.07, 6.45) is 1.83. The topological polar surface area (TPSA) is 78.8 Å². The van der Waals surface area contributed by atoms with E-state index in [1.165, 1.54) is 17.8 Å². The Morgan fingerprint density at radius 1 is 1.32 bits per heavy atom. The van der Waals surface area contributed by atoms with Gasteiger partial charge in [0.2, 0.25) is 0 Å². The van der Waals surface area contributed by atoms with Gasteiger partial charge in [-0.3, -0.25) is 9.59 Å². The van der Waals surface area contributed by atoms with Crippen LogP contribution in [0.3, 0.4) is 0 Å². The molecule has 6 heteroatoms. The second kappa shape index (κ2) is 7.50. The summed E-state index contributed by atoms with van der Waals surface area (Å²) in [6, 6.07) is 7.63. The van der Waals surface area contributed by atoms with Crippen molar-refractivity contribution in [2.24, 2.45) is 4.99 Å². The molecular formula is C13H14N2O3S. The maximum absolute atomic E-state index is 11.4. The molecular weight excluding hydrogens is 264 g/mol. The van der Waals surface area contributed by atoms with Crippen molar-refractivity contribution in [2.75, 3.05) is 7.11 Å². The van der Waals surface area contributed by atoms with Crippen molar-refractivity contribution >= 4 is 34.8 Å². The number of amides is 1. The number of hydrogen-bond acceptors (Lipinski definition) is 5. The highest BCUT2D eigenvalue weighted by Crippen LogP contribution is 2.26. The fourth-order valence-electron chi connectivity index (χ4n) is 1.36. The molecule has 0 aromatic heterocycles. The molecule has 1 heterocycles. The van der Waals surface area contributed by atoms with E-state index in [1.807, 2.05) is 31.2 Å². The number of nitrogens with zero attached hydrogens (tertiary/aromatic N) is 1. The SMILES string of the molecule is CO.Cc1ccccc1N=C1NC(=O)/C(=C/C=O)S1. The highest BCUT2D eigenvalue weighted by molar-refractivity contribution is 8.18. The first-order chi connectivity index (χ1) is 9.20. The van der Waals surface area contributed by atoms with E-state index in [4.69, 9.17) is 5.11 Å². The van der Waals surface area contributed by atoms with Crippen molar-refractivity contribution in [3.8, 4) is 0 Å². The molecule has 0 bridgehead atoms. The predicted molar refractivity (Wildman–Crippen MR) is 76.3 cm³/mol. The lowest BCUT2D eigenvalue weighted by atomic mass is 10.2. The fraction of sp³-hybridized carbons (Fsp3) is 0.154. The van der Waals surface area contributed by atoms with Crippen LogP contribution in [0.4, 0.5) is 5.69 Å². The number of aldehydes is 1. The molecule has 0 spiro atoms. The molecule has 19 heavy (non-hydrogen) atoms. The summed E-state index contributed by atoms with van der Waals surface area (Å²) in [6.45, 7) is 1.95. The van der Waals surface area contributed by atoms with E-state index in [2.05, 4.69) is 10.3 Å². The molecule has 1 aromatic carbocycles. The van der Waals surface area contributed by atoms with Crippen LogP contribution in [0.5, 0.6) is 0 Å². The minimum Gasteiger partial charge on any atom is -0.400 e. The molecule has 0 unspecified atom stereocenters. The minimum absolute atomic E-state index is 0.283. The number of carbonyl (C=O) groups is 2. The van der Waals surface area contributed by atoms with Gasteiger partial charge in [0.25, 0.3) is 5.91 Å². The number of benzene rings is 1. The van der Waals surface area contributed by atoms with Crippen molar-refractivity contribution in [3.05, 3.63) is 40.8 Å². The van der Waals surface area contributed by atoms with E-state index in [9.17, 15) is 9.59 Å². The second-order valence-corrected chi connectivity index (χ2v) is 4.46. The lowest BCUT2D eigenvalue weighted by Crippen LogP contribution is -2.19. The molecule has 1 amide bonds. The third-order valence-electron chi connectivity index (χ3n) is 2.21. The summed E-state index contributed by atoms with van der Waals surface area (Å²) < 4.78 is 0. The van der Waals surface area contributed by atoms with Gasteiger partial charge in [-0.15, -0.1) is 0 Å². The van der Waals surface area contributed by atoms with Crippen LogP contribution in [-0.2, 0) is 9.59 Å². The lowest BCUT2D eigenvalue weighted by Gasteiger charge is -1.99. The van der Waals surface area contributed by atoms with E-state index < -0.39 is 0 Å². The third-order valence-corrected chi connectivity index (χ3v) is 3.14. The molecule has 5 nitrogen and oxygen atoms in total. The monoisotopic (exact) mass is 278 g/mol. The van der Waals surface area contributed by atoms with Crippen LogP contribution in [0.15, 0.2) is 40.2 Å². The van der Waals surface area contributed by atoms with Crippen molar-refractivity contribution in [1.29, 1.82) is 0 Å². The maximum Gasteiger partial charge on any atom is 0.264 e. The van der Waals surface area contributed by atoms with Crippen LogP contribution in [0.2, 0.25) is 0 Å². The number of aliphatic imine (C=N–C) groups is 1. The van der Waals surface area contributed by atoms with Gasteiger partial charge in [-0.2, -0.15) is 0 Å². The maximum atomic E-state index is 11.4. The van der Waals surface area contributed by atoms with Crippen molar-refractivity contribution < 1.29 is 14.7 Å². The zero-order valence-corrected chi connectivity index (χ0v) is 11.4. The molecule has 1 saturated heterocycles. The summed E-state index contributed by atoms with van der Waals surface area (Å²) in [5.74, 6) is -0.283. The number of aliphatic hydroxyl groups excluding tert-OH is 1. The minimum atomic E-state index is -0.283. The molecule has 100 valence electrons. The fourth-order valence-corrected chi connectivity index (χ4v) is 2.12. The normalized spacial score (nSPS) is 17.9. The number of hydrogen-bond donors (Lipinski definition) is 2. The summed E-state index contributed by atoms with van der Waals surface area (Å²) in [7, 11) is 1.00. The summed E-state index contributed by atoms with van der Waals surface area (Å²) in [4.78, 5) is 26.4. The first-order valence-electron chi connectivity index (χ1n) is 5.44. The van der Waals surface area contributed by atoms with Crippen LogP contribution >= 0.6 is 11.8 Å². The number of allylic oxidation sites excluding steroid dienone is 1. The van der Waals surface area contributed by atoms with Gasteiger partial charge in [0.15, 0.2) is 5.17 Å². The Kier molecular flexibility index (Phi) is 5.98. The molecule has 0 aliphatic carbocycles. The smallest absolute Gasteiger partial charge is 0.264 e. The third kappa shape index (κ3) is 4.04. The average Bonchev–Trinajstić information content (AvgIpc) is 2.76. The molecule has 0 radical (unpaired) electrons. The Hall–Kier alpha value is -1.92. The first kappa shape index (κ1) is 15.1. The van der Waals surface area contributed by atoms with Crippen LogP contribution in [-0.4, -0.2) is 29.6 Å². The zero-order chi connectivity index (χ0) is 14.3. The van der Waals surface area contributed by atoms with Crippen molar-refractivity contribution in [2.45, 2.75) is 6.92 Å². The zero-order valence-electron chi connectivity index (χ0n) is 10.6. The number of aliphatic hydroxyl groups is 1. The van der Waals surface area contributed by atoms with E-state index in [0.717, 1.165) is 18.4 Å². The largest absolute Gasteiger partial charge is 0.400 e. The standard InChI is InChI=1S/C12H10N2O2S.CH4O/c1-8-4-2-3-5-9(8)13-12-14-11(16)10(17-12)6-7-15;1-2/h2-7H,1H3,(H,13,14,16);2H,1H3/b10-6-;. The van der Waals surface area contributed by atoms with Crippen LogP contribution in [0.1, 0.15) is 5.56 Å². The number of aryl methyl sites for hydroxylation is 1. The van der Waals surface area contributed by atoms with Gasteiger partial charge in [0, 0.05) is 7.11 Å². The molecule has 2 N–H and O–H groups in total. The van der Waals surface area contributed by atoms with Crippen molar-refractivity contribution in [3.63, 3.8) is 0 Å². The summed E-state index contributed by atoms with van der Waals surface area (Å²) in [5, 5.41) is 10.1. The Morgan fingerprint density at radius 2 is 2.00 bits per heavy atom. The van der Waals surface area contributed by atoms with E-state index in [0.29, 0.717) is 16.4 Å². The molecule has 0 saturated carbocycles. The predicted octanol–water partition coefficient (Wildman–Crippen LogP) is 1.54. The number of amidine groups is 1. The molecule has 1 fully saturated rings. The van der Waals surface area contributed by atoms with Gasteiger partial charge in [0.05, 0.1) is 10.6 Å². The van der Waals surface area contributed by atoms with Gasteiger partial charge in [-0.05, 0) is 36.4 Å². The number of nitrogens with one attached hydrogen (secondary N) is 1. The van der Waals surface area contributed by atoms with E-state index >= 15 is 0 Å². The number of rotatable bonds is 2. The first-order valence-corrected chi connectivity index (χ1v) is 6.26. The van der Waals surface area contributed by atoms with E-state index in [-0.39, 0.29) is 5.91 Å². The number of para-hydroxylation sites is 1. The van der Waals surface area contributed by atoms with Gasteiger partial charge < -0.3 is 10.4 Å². The quantitative estimate of drug-likeness (QED) is 0.635. The van der Waals surface area contributed by atoms with Crippen LogP contribution in [0, 0.1) is 6.92 Å². The van der Waals surface area contributed by atoms with E-state index in [1.54, 1.807) is 0 Å². The lowest BCUT2D eigenvalue weighted by molar-refractivity contribution is -0.115. The summed E-state index contributed by atoms with van der Waals surface area (Å²) >= 11 is 1.17. The van der Waals surface area contributed by atoms with Crippen LogP contribution < -0.4 is 5.32 Å². The van der Waals surface area contributed by atoms with Crippen LogP contribution in [0.25, 0.3) is 0 Å². The van der Waals surface area contributed by atoms with Gasteiger partial charge in [0.1, 0.15) is 6.29 Å². The van der Waals surface area contributed by atoms with Crippen molar-refractivity contribution in [1.82, 2.24) is 5.32 Å². The Bertz CT molecular complexity index is 538. The average molecular weight is 278 g/mol. The van der Waals surface area contributed by atoms with Gasteiger partial charge in [-0.1, -0.05) is 18.2 Å². The number of carbonyl (C=O) groups excluding carboxylic acids is 2.